The van der Waals surface area contributed by atoms with Gasteiger partial charge in [0.15, 0.2) is 5.96 Å². The summed E-state index contributed by atoms with van der Waals surface area (Å²) in [5.74, 6) is 0.863. The van der Waals surface area contributed by atoms with Gasteiger partial charge >= 0.3 is 0 Å². The van der Waals surface area contributed by atoms with E-state index >= 15 is 0 Å². The average Bonchev–Trinajstić information content (AvgIpc) is 2.77. The highest BCUT2D eigenvalue weighted by molar-refractivity contribution is 6.36. The van der Waals surface area contributed by atoms with E-state index in [1.54, 1.807) is 6.07 Å². The number of anilines is 1. The second kappa shape index (κ2) is 6.31. The first-order chi connectivity index (χ1) is 9.06. The summed E-state index contributed by atoms with van der Waals surface area (Å²) in [5, 5.41) is 4.50. The van der Waals surface area contributed by atoms with Crippen molar-refractivity contribution in [1.29, 1.82) is 0 Å². The molecular formula is C14H17Cl2N3. The lowest BCUT2D eigenvalue weighted by Gasteiger charge is -2.20. The number of nitrogens with zero attached hydrogens (tertiary/aromatic N) is 2. The molecular weight excluding hydrogens is 281 g/mol. The lowest BCUT2D eigenvalue weighted by atomic mass is 10.3. The van der Waals surface area contributed by atoms with E-state index in [9.17, 15) is 0 Å². The van der Waals surface area contributed by atoms with Gasteiger partial charge in [-0.3, -0.25) is 4.99 Å². The first-order valence-corrected chi connectivity index (χ1v) is 6.96. The standard InChI is InChI=1S/C14H17Cl2N3/c1-10(2)5-7-19-8-6-17-14(19)18-13-4-3-11(15)9-12(13)16/h3-5,9H,6-8H2,1-2H3,(H,17,18). The summed E-state index contributed by atoms with van der Waals surface area (Å²) in [6, 6.07) is 5.40. The van der Waals surface area contributed by atoms with Crippen LogP contribution in [0.1, 0.15) is 13.8 Å². The van der Waals surface area contributed by atoms with Crippen molar-refractivity contribution >= 4 is 34.8 Å². The molecule has 19 heavy (non-hydrogen) atoms. The van der Waals surface area contributed by atoms with Gasteiger partial charge in [0.25, 0.3) is 0 Å². The molecule has 1 aliphatic rings. The molecule has 0 atom stereocenters. The van der Waals surface area contributed by atoms with Gasteiger partial charge in [0.1, 0.15) is 0 Å². The van der Waals surface area contributed by atoms with E-state index in [1.165, 1.54) is 5.57 Å². The van der Waals surface area contributed by atoms with Gasteiger partial charge in [-0.1, -0.05) is 34.9 Å². The molecule has 0 aromatic heterocycles. The topological polar surface area (TPSA) is 27.6 Å². The maximum absolute atomic E-state index is 6.15. The van der Waals surface area contributed by atoms with Crippen LogP contribution in [0.15, 0.2) is 34.8 Å². The number of aliphatic imine (C=N–C) groups is 1. The summed E-state index contributed by atoms with van der Waals surface area (Å²) in [5.41, 5.74) is 2.13. The lowest BCUT2D eigenvalue weighted by molar-refractivity contribution is 0.504. The number of halogens is 2. The van der Waals surface area contributed by atoms with Crippen LogP contribution in [0, 0.1) is 0 Å². The van der Waals surface area contributed by atoms with Crippen LogP contribution in [-0.2, 0) is 0 Å². The van der Waals surface area contributed by atoms with Gasteiger partial charge < -0.3 is 10.2 Å². The van der Waals surface area contributed by atoms with Crippen LogP contribution in [0.25, 0.3) is 0 Å². The molecule has 0 aliphatic carbocycles. The summed E-state index contributed by atoms with van der Waals surface area (Å²) in [7, 11) is 0. The molecule has 1 aliphatic heterocycles. The van der Waals surface area contributed by atoms with Crippen molar-refractivity contribution in [1.82, 2.24) is 4.90 Å². The molecule has 0 radical (unpaired) electrons. The van der Waals surface area contributed by atoms with Crippen LogP contribution < -0.4 is 5.32 Å². The molecule has 2 rings (SSSR count). The Hall–Kier alpha value is -1.19. The monoisotopic (exact) mass is 297 g/mol. The Balaban J connectivity index is 2.07. The van der Waals surface area contributed by atoms with E-state index in [2.05, 4.69) is 35.1 Å². The number of hydrogen-bond acceptors (Lipinski definition) is 3. The molecule has 0 bridgehead atoms. The quantitative estimate of drug-likeness (QED) is 0.853. The molecule has 0 amide bonds. The van der Waals surface area contributed by atoms with E-state index < -0.39 is 0 Å². The molecule has 1 aromatic carbocycles. The van der Waals surface area contributed by atoms with Crippen molar-refractivity contribution in [3.8, 4) is 0 Å². The van der Waals surface area contributed by atoms with Crippen molar-refractivity contribution in [3.05, 3.63) is 39.9 Å². The van der Waals surface area contributed by atoms with Crippen LogP contribution in [0.4, 0.5) is 5.69 Å². The summed E-state index contributed by atoms with van der Waals surface area (Å²) < 4.78 is 0. The van der Waals surface area contributed by atoms with Gasteiger partial charge in [-0.2, -0.15) is 0 Å². The number of hydrogen-bond donors (Lipinski definition) is 1. The van der Waals surface area contributed by atoms with Crippen molar-refractivity contribution in [2.24, 2.45) is 4.99 Å². The number of rotatable bonds is 3. The summed E-state index contributed by atoms with van der Waals surface area (Å²) in [4.78, 5) is 6.66. The second-order valence-electron chi connectivity index (χ2n) is 4.68. The smallest absolute Gasteiger partial charge is 0.198 e. The predicted octanol–water partition coefficient (Wildman–Crippen LogP) is 4.04. The number of benzene rings is 1. The zero-order valence-corrected chi connectivity index (χ0v) is 12.6. The van der Waals surface area contributed by atoms with Crippen LogP contribution in [0.3, 0.4) is 0 Å². The highest BCUT2D eigenvalue weighted by atomic mass is 35.5. The Morgan fingerprint density at radius 1 is 1.42 bits per heavy atom. The Bertz CT molecular complexity index is 519. The van der Waals surface area contributed by atoms with Crippen LogP contribution in [-0.4, -0.2) is 30.5 Å². The van der Waals surface area contributed by atoms with Gasteiger partial charge in [0, 0.05) is 18.1 Å². The highest BCUT2D eigenvalue weighted by Gasteiger charge is 2.16. The fourth-order valence-electron chi connectivity index (χ4n) is 1.78. The van der Waals surface area contributed by atoms with E-state index in [0.717, 1.165) is 31.3 Å². The van der Waals surface area contributed by atoms with Crippen LogP contribution >= 0.6 is 23.2 Å². The van der Waals surface area contributed by atoms with Crippen molar-refractivity contribution in [2.45, 2.75) is 13.8 Å². The van der Waals surface area contributed by atoms with E-state index in [-0.39, 0.29) is 0 Å². The molecule has 0 unspecified atom stereocenters. The van der Waals surface area contributed by atoms with Crippen LogP contribution in [0.2, 0.25) is 10.0 Å². The normalized spacial score (nSPS) is 14.3. The summed E-state index contributed by atoms with van der Waals surface area (Å²) in [6.07, 6.45) is 2.19. The number of nitrogens with one attached hydrogen (secondary N) is 1. The second-order valence-corrected chi connectivity index (χ2v) is 5.53. The van der Waals surface area contributed by atoms with E-state index in [4.69, 9.17) is 23.2 Å². The molecule has 1 N–H and O–H groups in total. The number of guanidine groups is 1. The van der Waals surface area contributed by atoms with Crippen LogP contribution in [0.5, 0.6) is 0 Å². The zero-order chi connectivity index (χ0) is 13.8. The Labute approximate surface area is 123 Å². The molecule has 102 valence electrons. The maximum Gasteiger partial charge on any atom is 0.198 e. The maximum atomic E-state index is 6.15. The molecule has 3 nitrogen and oxygen atoms in total. The summed E-state index contributed by atoms with van der Waals surface area (Å²) >= 11 is 12.0. The molecule has 5 heteroatoms. The Kier molecular flexibility index (Phi) is 4.72. The fraction of sp³-hybridized carbons (Fsp3) is 0.357. The first kappa shape index (κ1) is 14.2. The molecule has 1 heterocycles. The Morgan fingerprint density at radius 2 is 2.21 bits per heavy atom. The molecule has 1 aromatic rings. The minimum Gasteiger partial charge on any atom is -0.337 e. The van der Waals surface area contributed by atoms with Gasteiger partial charge in [0.05, 0.1) is 17.3 Å². The largest absolute Gasteiger partial charge is 0.337 e. The lowest BCUT2D eigenvalue weighted by Crippen LogP contribution is -2.33. The average molecular weight is 298 g/mol. The zero-order valence-electron chi connectivity index (χ0n) is 11.1. The summed E-state index contributed by atoms with van der Waals surface area (Å²) in [6.45, 7) is 6.79. The van der Waals surface area contributed by atoms with Crippen molar-refractivity contribution < 1.29 is 0 Å². The third-order valence-electron chi connectivity index (χ3n) is 2.83. The number of allylic oxidation sites excluding steroid dienone is 1. The third kappa shape index (κ3) is 3.88. The van der Waals surface area contributed by atoms with Crippen molar-refractivity contribution in [3.63, 3.8) is 0 Å². The highest BCUT2D eigenvalue weighted by Crippen LogP contribution is 2.26. The van der Waals surface area contributed by atoms with Gasteiger partial charge in [-0.05, 0) is 32.0 Å². The van der Waals surface area contributed by atoms with Gasteiger partial charge in [0.2, 0.25) is 0 Å². The van der Waals surface area contributed by atoms with E-state index in [1.807, 2.05) is 12.1 Å². The SMILES string of the molecule is CC(C)=CCN1CCN=C1Nc1ccc(Cl)cc1Cl. The fourth-order valence-corrected chi connectivity index (χ4v) is 2.24. The molecule has 0 spiro atoms. The molecule has 0 saturated heterocycles. The molecule has 0 fully saturated rings. The minimum atomic E-state index is 0.601. The van der Waals surface area contributed by atoms with Gasteiger partial charge in [-0.25, -0.2) is 0 Å². The third-order valence-corrected chi connectivity index (χ3v) is 3.38. The van der Waals surface area contributed by atoms with E-state index in [0.29, 0.717) is 10.0 Å². The minimum absolute atomic E-state index is 0.601. The Morgan fingerprint density at radius 3 is 2.89 bits per heavy atom. The first-order valence-electron chi connectivity index (χ1n) is 6.21. The van der Waals surface area contributed by atoms with Gasteiger partial charge in [-0.15, -0.1) is 0 Å². The molecule has 0 saturated carbocycles. The van der Waals surface area contributed by atoms with Crippen molar-refractivity contribution in [2.75, 3.05) is 25.0 Å². The predicted molar refractivity (Wildman–Crippen MR) is 83.4 cm³/mol.